The number of rotatable bonds is 2. The molecule has 1 fully saturated rings. The standard InChI is InChI=1S/C15H15N3O4/c1-9-3-5-10(6-4-9)18-12(19)8-15(14(18)21)7-11(16-17-15)13(20)22-2/h3-6,17H,7-8H2,1-2H3/t15-/m0/s1. The van der Waals surface area contributed by atoms with E-state index in [4.69, 9.17) is 0 Å². The number of aryl methyl sites for hydroxylation is 1. The maximum absolute atomic E-state index is 12.7. The molecule has 3 rings (SSSR count). The number of hydrogen-bond acceptors (Lipinski definition) is 6. The van der Waals surface area contributed by atoms with Gasteiger partial charge < -0.3 is 4.74 Å². The molecule has 0 bridgehead atoms. The number of carbonyl (C=O) groups excluding carboxylic acids is 3. The molecule has 0 unspecified atom stereocenters. The lowest BCUT2D eigenvalue weighted by molar-refractivity contribution is -0.132. The van der Waals surface area contributed by atoms with Crippen LogP contribution in [0, 0.1) is 6.92 Å². The van der Waals surface area contributed by atoms with Crippen LogP contribution < -0.4 is 10.3 Å². The average Bonchev–Trinajstić information content (AvgIpc) is 3.03. The fourth-order valence-corrected chi connectivity index (χ4v) is 2.70. The number of ether oxygens (including phenoxy) is 1. The summed E-state index contributed by atoms with van der Waals surface area (Å²) in [6.07, 6.45) is 0.0102. The molecule has 2 amide bonds. The van der Waals surface area contributed by atoms with Crippen LogP contribution in [0.1, 0.15) is 18.4 Å². The summed E-state index contributed by atoms with van der Waals surface area (Å²) in [6, 6.07) is 7.11. The lowest BCUT2D eigenvalue weighted by Gasteiger charge is -2.21. The number of nitrogens with one attached hydrogen (secondary N) is 1. The van der Waals surface area contributed by atoms with E-state index in [1.807, 2.05) is 19.1 Å². The number of benzene rings is 1. The number of imide groups is 1. The van der Waals surface area contributed by atoms with Crippen molar-refractivity contribution in [1.82, 2.24) is 5.43 Å². The molecule has 0 aliphatic carbocycles. The van der Waals surface area contributed by atoms with Gasteiger partial charge in [-0.15, -0.1) is 0 Å². The second-order valence-electron chi connectivity index (χ2n) is 5.47. The van der Waals surface area contributed by atoms with E-state index < -0.39 is 17.4 Å². The second kappa shape index (κ2) is 4.94. The summed E-state index contributed by atoms with van der Waals surface area (Å²) in [5.74, 6) is -1.31. The van der Waals surface area contributed by atoms with Crippen molar-refractivity contribution in [3.63, 3.8) is 0 Å². The van der Waals surface area contributed by atoms with E-state index in [-0.39, 0.29) is 24.5 Å². The van der Waals surface area contributed by atoms with Crippen LogP contribution >= 0.6 is 0 Å². The van der Waals surface area contributed by atoms with Gasteiger partial charge >= 0.3 is 5.97 Å². The molecule has 1 atom stereocenters. The Morgan fingerprint density at radius 1 is 1.27 bits per heavy atom. The monoisotopic (exact) mass is 301 g/mol. The molecule has 1 aromatic carbocycles. The molecular weight excluding hydrogens is 286 g/mol. The Morgan fingerprint density at radius 2 is 1.95 bits per heavy atom. The van der Waals surface area contributed by atoms with Gasteiger partial charge in [0.2, 0.25) is 5.91 Å². The summed E-state index contributed by atoms with van der Waals surface area (Å²) in [4.78, 5) is 37.6. The fraction of sp³-hybridized carbons (Fsp3) is 0.333. The van der Waals surface area contributed by atoms with Crippen molar-refractivity contribution in [2.75, 3.05) is 12.0 Å². The van der Waals surface area contributed by atoms with Gasteiger partial charge in [-0.2, -0.15) is 5.10 Å². The molecule has 2 aliphatic rings. The Morgan fingerprint density at radius 3 is 2.59 bits per heavy atom. The highest BCUT2D eigenvalue weighted by atomic mass is 16.5. The minimum absolute atomic E-state index is 0.0380. The van der Waals surface area contributed by atoms with Gasteiger partial charge in [-0.3, -0.25) is 15.0 Å². The Labute approximate surface area is 126 Å². The number of anilines is 1. The molecule has 22 heavy (non-hydrogen) atoms. The zero-order valence-corrected chi connectivity index (χ0v) is 12.3. The lowest BCUT2D eigenvalue weighted by Crippen LogP contribution is -2.47. The largest absolute Gasteiger partial charge is 0.464 e. The SMILES string of the molecule is COC(=O)C1=NN[C@]2(CC(=O)N(c3ccc(C)cc3)C2=O)C1. The Hall–Kier alpha value is -2.70. The molecule has 2 heterocycles. The van der Waals surface area contributed by atoms with Crippen molar-refractivity contribution >= 4 is 29.2 Å². The van der Waals surface area contributed by atoms with Gasteiger partial charge in [0.15, 0.2) is 0 Å². The van der Waals surface area contributed by atoms with Gasteiger partial charge in [0, 0.05) is 6.42 Å². The maximum atomic E-state index is 12.7. The molecule has 1 spiro atoms. The highest BCUT2D eigenvalue weighted by molar-refractivity contribution is 6.39. The van der Waals surface area contributed by atoms with Crippen LogP contribution in [0.4, 0.5) is 5.69 Å². The normalized spacial score (nSPS) is 23.7. The zero-order valence-electron chi connectivity index (χ0n) is 12.3. The second-order valence-corrected chi connectivity index (χ2v) is 5.47. The molecule has 1 saturated heterocycles. The van der Waals surface area contributed by atoms with E-state index in [0.717, 1.165) is 10.5 Å². The number of nitrogens with zero attached hydrogens (tertiary/aromatic N) is 2. The first-order valence-corrected chi connectivity index (χ1v) is 6.83. The first kappa shape index (κ1) is 14.2. The van der Waals surface area contributed by atoms with E-state index in [1.54, 1.807) is 12.1 Å². The minimum Gasteiger partial charge on any atom is -0.464 e. The highest BCUT2D eigenvalue weighted by Crippen LogP contribution is 2.34. The van der Waals surface area contributed by atoms with Crippen LogP contribution in [0.15, 0.2) is 29.4 Å². The number of methoxy groups -OCH3 is 1. The van der Waals surface area contributed by atoms with Crippen molar-refractivity contribution in [3.8, 4) is 0 Å². The van der Waals surface area contributed by atoms with Crippen molar-refractivity contribution in [1.29, 1.82) is 0 Å². The van der Waals surface area contributed by atoms with Gasteiger partial charge in [0.1, 0.15) is 11.3 Å². The van der Waals surface area contributed by atoms with Crippen LogP contribution in [0.2, 0.25) is 0 Å². The number of hydrogen-bond donors (Lipinski definition) is 1. The molecule has 0 aromatic heterocycles. The summed E-state index contributed by atoms with van der Waals surface area (Å²) in [5.41, 5.74) is 3.16. The van der Waals surface area contributed by atoms with Crippen molar-refractivity contribution in [2.45, 2.75) is 25.3 Å². The van der Waals surface area contributed by atoms with E-state index in [2.05, 4.69) is 15.3 Å². The smallest absolute Gasteiger partial charge is 0.354 e. The number of amides is 2. The van der Waals surface area contributed by atoms with Gasteiger partial charge in [-0.25, -0.2) is 9.69 Å². The van der Waals surface area contributed by atoms with Gasteiger partial charge in [-0.05, 0) is 19.1 Å². The summed E-state index contributed by atoms with van der Waals surface area (Å²) in [5, 5.41) is 3.86. The molecule has 114 valence electrons. The number of hydrazone groups is 1. The fourth-order valence-electron chi connectivity index (χ4n) is 2.70. The first-order chi connectivity index (χ1) is 10.5. The van der Waals surface area contributed by atoms with Crippen LogP contribution in [0.25, 0.3) is 0 Å². The third-order valence-electron chi connectivity index (χ3n) is 3.90. The molecule has 1 N–H and O–H groups in total. The molecule has 1 aromatic rings. The summed E-state index contributed by atoms with van der Waals surface area (Å²) in [7, 11) is 1.25. The molecule has 7 nitrogen and oxygen atoms in total. The number of carbonyl (C=O) groups is 3. The van der Waals surface area contributed by atoms with Gasteiger partial charge in [0.25, 0.3) is 5.91 Å². The molecule has 0 radical (unpaired) electrons. The third-order valence-corrected chi connectivity index (χ3v) is 3.90. The molecule has 0 saturated carbocycles. The van der Waals surface area contributed by atoms with Crippen LogP contribution in [0.3, 0.4) is 0 Å². The van der Waals surface area contributed by atoms with Crippen LogP contribution in [-0.4, -0.2) is 36.1 Å². The first-order valence-electron chi connectivity index (χ1n) is 6.83. The van der Waals surface area contributed by atoms with Crippen LogP contribution in [0.5, 0.6) is 0 Å². The quantitative estimate of drug-likeness (QED) is 0.635. The highest BCUT2D eigenvalue weighted by Gasteiger charge is 2.56. The summed E-state index contributed by atoms with van der Waals surface area (Å²) < 4.78 is 4.60. The maximum Gasteiger partial charge on any atom is 0.354 e. The van der Waals surface area contributed by atoms with Crippen molar-refractivity contribution < 1.29 is 19.1 Å². The topological polar surface area (TPSA) is 88.1 Å². The predicted octanol–water partition coefficient (Wildman–Crippen LogP) is 0.519. The molecule has 2 aliphatic heterocycles. The third kappa shape index (κ3) is 2.05. The summed E-state index contributed by atoms with van der Waals surface area (Å²) in [6.45, 7) is 1.92. The molecular formula is C15H15N3O4. The lowest BCUT2D eigenvalue weighted by atomic mass is 9.93. The molecule has 7 heteroatoms. The number of esters is 1. The van der Waals surface area contributed by atoms with E-state index >= 15 is 0 Å². The van der Waals surface area contributed by atoms with Crippen LogP contribution in [-0.2, 0) is 19.1 Å². The van der Waals surface area contributed by atoms with E-state index in [9.17, 15) is 14.4 Å². The van der Waals surface area contributed by atoms with Gasteiger partial charge in [-0.1, -0.05) is 17.7 Å². The average molecular weight is 301 g/mol. The minimum atomic E-state index is -1.18. The predicted molar refractivity (Wildman–Crippen MR) is 78.2 cm³/mol. The summed E-state index contributed by atoms with van der Waals surface area (Å²) >= 11 is 0. The van der Waals surface area contributed by atoms with Gasteiger partial charge in [0.05, 0.1) is 19.2 Å². The zero-order chi connectivity index (χ0) is 15.9. The van der Waals surface area contributed by atoms with Crippen molar-refractivity contribution in [2.24, 2.45) is 5.10 Å². The van der Waals surface area contributed by atoms with Crippen molar-refractivity contribution in [3.05, 3.63) is 29.8 Å². The van der Waals surface area contributed by atoms with E-state index in [1.165, 1.54) is 7.11 Å². The Bertz CT molecular complexity index is 695. The Balaban J connectivity index is 1.87. The van der Waals surface area contributed by atoms with E-state index in [0.29, 0.717) is 5.69 Å². The Kier molecular flexibility index (Phi) is 3.20.